The number of pyridine rings is 1. The molecule has 0 saturated heterocycles. The zero-order valence-corrected chi connectivity index (χ0v) is 11.3. The van der Waals surface area contributed by atoms with E-state index in [2.05, 4.69) is 10.1 Å². The minimum absolute atomic E-state index is 0.0757. The molecule has 0 bridgehead atoms. The van der Waals surface area contributed by atoms with E-state index < -0.39 is 10.3 Å². The van der Waals surface area contributed by atoms with Gasteiger partial charge in [-0.3, -0.25) is 9.89 Å². The summed E-state index contributed by atoms with van der Waals surface area (Å²) in [6.07, 6.45) is 0. The number of hydrogen-bond donors (Lipinski definition) is 4. The number of nitrogens with two attached hydrogens (primary N) is 1. The van der Waals surface area contributed by atoms with Crippen molar-refractivity contribution in [2.75, 3.05) is 5.73 Å². The van der Waals surface area contributed by atoms with Gasteiger partial charge in [0, 0.05) is 11.5 Å². The number of phenolic OH excluding ortho intramolecular Hbond substituents is 1. The molecular formula is C12H10N4O4S. The van der Waals surface area contributed by atoms with Gasteiger partial charge in [0.15, 0.2) is 4.64 Å². The van der Waals surface area contributed by atoms with Crippen molar-refractivity contribution in [3.05, 3.63) is 45.3 Å². The second-order valence-corrected chi connectivity index (χ2v) is 5.24. The number of aromatic amines is 2. The quantitative estimate of drug-likeness (QED) is 0.481. The van der Waals surface area contributed by atoms with Crippen LogP contribution in [0, 0.1) is 4.64 Å². The lowest BCUT2D eigenvalue weighted by molar-refractivity contribution is 0.480. The summed E-state index contributed by atoms with van der Waals surface area (Å²) in [5, 5.41) is 13.0. The highest BCUT2D eigenvalue weighted by atomic mass is 32.2. The van der Waals surface area contributed by atoms with Gasteiger partial charge in [0.05, 0.1) is 11.2 Å². The Bertz CT molecular complexity index is 1080. The van der Waals surface area contributed by atoms with Gasteiger partial charge in [-0.25, -0.2) is 4.68 Å². The Labute approximate surface area is 118 Å². The molecule has 0 aliphatic carbocycles. The molecule has 108 valence electrons. The summed E-state index contributed by atoms with van der Waals surface area (Å²) >= 11 is 0. The van der Waals surface area contributed by atoms with Crippen molar-refractivity contribution in [1.29, 1.82) is 0 Å². The average Bonchev–Trinajstić information content (AvgIpc) is 2.78. The first-order chi connectivity index (χ1) is 9.97. The Morgan fingerprint density at radius 1 is 1.19 bits per heavy atom. The summed E-state index contributed by atoms with van der Waals surface area (Å²) in [6.45, 7) is 0. The van der Waals surface area contributed by atoms with E-state index in [1.54, 1.807) is 0 Å². The van der Waals surface area contributed by atoms with Crippen LogP contribution in [0.5, 0.6) is 5.75 Å². The first-order valence-corrected chi connectivity index (χ1v) is 6.90. The van der Waals surface area contributed by atoms with Gasteiger partial charge in [-0.1, -0.05) is 0 Å². The number of aromatic nitrogens is 3. The predicted octanol–water partition coefficient (Wildman–Crippen LogP) is 0.346. The van der Waals surface area contributed by atoms with Crippen LogP contribution in [-0.2, 0) is 10.3 Å². The Kier molecular flexibility index (Phi) is 2.84. The minimum atomic E-state index is -2.46. The standard InChI is InChI=1S/C12H10N4O4S/c13-9-5-11(18)16(15-9)7-2-3-8(17)12-6(7)1-4-10(14-12)21(19)20/h1-5,14-15,17H,13H2. The lowest BCUT2D eigenvalue weighted by Crippen LogP contribution is -2.13. The Hall–Kier alpha value is -2.94. The zero-order valence-electron chi connectivity index (χ0n) is 10.5. The van der Waals surface area contributed by atoms with E-state index in [-0.39, 0.29) is 27.3 Å². The maximum atomic E-state index is 11.8. The molecule has 5 N–H and O–H groups in total. The third kappa shape index (κ3) is 2.09. The third-order valence-electron chi connectivity index (χ3n) is 3.01. The molecule has 0 radical (unpaired) electrons. The third-order valence-corrected chi connectivity index (χ3v) is 3.61. The molecule has 0 amide bonds. The molecule has 0 aliphatic rings. The van der Waals surface area contributed by atoms with E-state index >= 15 is 0 Å². The number of H-pyrrole nitrogens is 2. The molecule has 0 atom stereocenters. The van der Waals surface area contributed by atoms with E-state index in [1.807, 2.05) is 0 Å². The molecule has 0 spiro atoms. The number of hydrogen-bond acceptors (Lipinski definition) is 5. The summed E-state index contributed by atoms with van der Waals surface area (Å²) in [5.74, 6) is 0.0658. The second-order valence-electron chi connectivity index (χ2n) is 4.33. The van der Waals surface area contributed by atoms with Gasteiger partial charge < -0.3 is 15.8 Å². The SMILES string of the molecule is Nc1cc(=O)n(-c2ccc(O)c3[nH]c(=S(=O)=O)ccc23)[nH]1. The van der Waals surface area contributed by atoms with Crippen LogP contribution in [0.15, 0.2) is 35.1 Å². The number of phenols is 1. The van der Waals surface area contributed by atoms with Gasteiger partial charge >= 0.3 is 0 Å². The molecule has 0 unspecified atom stereocenters. The van der Waals surface area contributed by atoms with E-state index in [0.29, 0.717) is 11.1 Å². The molecular weight excluding hydrogens is 296 g/mol. The smallest absolute Gasteiger partial charge is 0.273 e. The van der Waals surface area contributed by atoms with Crippen molar-refractivity contribution in [3.8, 4) is 11.4 Å². The lowest BCUT2D eigenvalue weighted by Gasteiger charge is -2.08. The number of aromatic hydroxyl groups is 1. The van der Waals surface area contributed by atoms with E-state index in [4.69, 9.17) is 5.73 Å². The van der Waals surface area contributed by atoms with Gasteiger partial charge in [-0.2, -0.15) is 8.42 Å². The minimum Gasteiger partial charge on any atom is -0.506 e. The Morgan fingerprint density at radius 3 is 2.57 bits per heavy atom. The molecule has 2 aromatic heterocycles. The van der Waals surface area contributed by atoms with Gasteiger partial charge in [0.2, 0.25) is 10.3 Å². The maximum Gasteiger partial charge on any atom is 0.273 e. The first kappa shape index (κ1) is 13.1. The fourth-order valence-corrected chi connectivity index (χ4v) is 2.47. The van der Waals surface area contributed by atoms with Crippen molar-refractivity contribution in [2.45, 2.75) is 0 Å². The summed E-state index contributed by atoms with van der Waals surface area (Å²) in [5.41, 5.74) is 5.81. The van der Waals surface area contributed by atoms with Crippen molar-refractivity contribution in [2.24, 2.45) is 0 Å². The summed E-state index contributed by atoms with van der Waals surface area (Å²) < 4.78 is 23.1. The van der Waals surface area contributed by atoms with Gasteiger partial charge in [0.25, 0.3) is 5.56 Å². The molecule has 1 aromatic carbocycles. The highest BCUT2D eigenvalue weighted by molar-refractivity contribution is 7.63. The van der Waals surface area contributed by atoms with Gasteiger partial charge in [-0.05, 0) is 24.3 Å². The fourth-order valence-electron chi connectivity index (χ4n) is 2.11. The van der Waals surface area contributed by atoms with Gasteiger partial charge in [0.1, 0.15) is 11.6 Å². The van der Waals surface area contributed by atoms with Crippen LogP contribution >= 0.6 is 0 Å². The summed E-state index contributed by atoms with van der Waals surface area (Å²) in [6, 6.07) is 6.94. The number of anilines is 1. The van der Waals surface area contributed by atoms with E-state index in [1.165, 1.54) is 35.0 Å². The Morgan fingerprint density at radius 2 is 1.95 bits per heavy atom. The van der Waals surface area contributed by atoms with E-state index in [0.717, 1.165) is 0 Å². The van der Waals surface area contributed by atoms with E-state index in [9.17, 15) is 18.3 Å². The van der Waals surface area contributed by atoms with Crippen LogP contribution in [0.25, 0.3) is 16.6 Å². The van der Waals surface area contributed by atoms with Crippen LogP contribution in [0.3, 0.4) is 0 Å². The van der Waals surface area contributed by atoms with Crippen LogP contribution in [0.2, 0.25) is 0 Å². The number of benzene rings is 1. The van der Waals surface area contributed by atoms with Crippen LogP contribution in [0.1, 0.15) is 0 Å². The number of fused-ring (bicyclic) bond motifs is 1. The number of nitrogens with one attached hydrogen (secondary N) is 2. The molecule has 0 saturated carbocycles. The topological polar surface area (TPSA) is 134 Å². The van der Waals surface area contributed by atoms with Crippen molar-refractivity contribution in [3.63, 3.8) is 0 Å². The second kappa shape index (κ2) is 4.56. The molecule has 0 aliphatic heterocycles. The van der Waals surface area contributed by atoms with Crippen LogP contribution in [0.4, 0.5) is 5.82 Å². The van der Waals surface area contributed by atoms with Crippen molar-refractivity contribution in [1.82, 2.24) is 14.8 Å². The zero-order chi connectivity index (χ0) is 15.1. The first-order valence-electron chi connectivity index (χ1n) is 5.82. The number of rotatable bonds is 1. The Balaban J connectivity index is 2.47. The molecule has 9 heteroatoms. The summed E-state index contributed by atoms with van der Waals surface area (Å²) in [4.78, 5) is 14.4. The number of nitrogens with zero attached hydrogens (tertiary/aromatic N) is 1. The maximum absolute atomic E-state index is 11.8. The summed E-state index contributed by atoms with van der Waals surface area (Å²) in [7, 11) is -2.46. The van der Waals surface area contributed by atoms with Crippen molar-refractivity contribution >= 4 is 27.0 Å². The molecule has 3 rings (SSSR count). The molecule has 3 aromatic rings. The number of nitrogen functional groups attached to an aromatic ring is 1. The average molecular weight is 306 g/mol. The fraction of sp³-hybridized carbons (Fsp3) is 0. The monoisotopic (exact) mass is 306 g/mol. The van der Waals surface area contributed by atoms with Gasteiger partial charge in [-0.15, -0.1) is 0 Å². The van der Waals surface area contributed by atoms with Crippen LogP contribution in [-0.4, -0.2) is 28.3 Å². The molecule has 21 heavy (non-hydrogen) atoms. The van der Waals surface area contributed by atoms with Crippen molar-refractivity contribution < 1.29 is 13.5 Å². The normalized spacial score (nSPS) is 10.9. The highest BCUT2D eigenvalue weighted by Crippen LogP contribution is 2.27. The molecule has 8 nitrogen and oxygen atoms in total. The lowest BCUT2D eigenvalue weighted by atomic mass is 10.1. The molecule has 0 fully saturated rings. The largest absolute Gasteiger partial charge is 0.506 e. The highest BCUT2D eigenvalue weighted by Gasteiger charge is 2.10. The van der Waals surface area contributed by atoms with Crippen LogP contribution < -0.4 is 11.3 Å². The predicted molar refractivity (Wildman–Crippen MR) is 76.5 cm³/mol. The molecule has 2 heterocycles.